The molecule has 0 fully saturated rings. The van der Waals surface area contributed by atoms with Crippen molar-refractivity contribution in [1.82, 2.24) is 10.6 Å². The number of rotatable bonds is 11. The minimum absolute atomic E-state index is 0.0924. The molecule has 0 spiro atoms. The van der Waals surface area contributed by atoms with Crippen LogP contribution in [0, 0.1) is 6.92 Å². The molecule has 30 heavy (non-hydrogen) atoms. The van der Waals surface area contributed by atoms with Gasteiger partial charge in [0.05, 0.1) is 13.2 Å². The number of ether oxygens (including phenoxy) is 2. The van der Waals surface area contributed by atoms with Gasteiger partial charge in [-0.25, -0.2) is 0 Å². The van der Waals surface area contributed by atoms with Crippen LogP contribution >= 0.6 is 0 Å². The quantitative estimate of drug-likeness (QED) is 0.300. The van der Waals surface area contributed by atoms with Gasteiger partial charge in [-0.15, -0.1) is 0 Å². The molecule has 162 valence electrons. The molecule has 2 aromatic carbocycles. The van der Waals surface area contributed by atoms with Crippen LogP contribution < -0.4 is 20.7 Å². The zero-order chi connectivity index (χ0) is 21.6. The fourth-order valence-corrected chi connectivity index (χ4v) is 2.73. The van der Waals surface area contributed by atoms with Crippen molar-refractivity contribution < 1.29 is 14.3 Å². The molecule has 0 saturated carbocycles. The maximum atomic E-state index is 12.2. The van der Waals surface area contributed by atoms with Gasteiger partial charge in [-0.3, -0.25) is 9.79 Å². The van der Waals surface area contributed by atoms with Crippen molar-refractivity contribution in [3.8, 4) is 5.75 Å². The number of aryl methyl sites for hydroxylation is 1. The molecular formula is C23H32N4O3. The zero-order valence-electron chi connectivity index (χ0n) is 18.0. The molecule has 3 N–H and O–H groups in total. The lowest BCUT2D eigenvalue weighted by Crippen LogP contribution is -2.32. The van der Waals surface area contributed by atoms with Gasteiger partial charge in [0.15, 0.2) is 5.96 Å². The van der Waals surface area contributed by atoms with Gasteiger partial charge in [-0.1, -0.05) is 23.8 Å². The summed E-state index contributed by atoms with van der Waals surface area (Å²) < 4.78 is 10.8. The number of aliphatic imine (C=N–C) groups is 1. The Hall–Kier alpha value is -3.06. The van der Waals surface area contributed by atoms with E-state index in [9.17, 15) is 4.79 Å². The van der Waals surface area contributed by atoms with Crippen LogP contribution in [0.2, 0.25) is 0 Å². The molecule has 2 rings (SSSR count). The van der Waals surface area contributed by atoms with Gasteiger partial charge in [0.25, 0.3) is 5.91 Å². The highest BCUT2D eigenvalue weighted by atomic mass is 16.5. The van der Waals surface area contributed by atoms with Gasteiger partial charge in [0.1, 0.15) is 5.75 Å². The molecule has 0 aromatic heterocycles. The van der Waals surface area contributed by atoms with Crippen LogP contribution in [0.4, 0.5) is 5.69 Å². The second kappa shape index (κ2) is 13.2. The molecule has 0 radical (unpaired) electrons. The van der Waals surface area contributed by atoms with Crippen LogP contribution in [0.15, 0.2) is 53.5 Å². The first-order chi connectivity index (χ1) is 14.6. The van der Waals surface area contributed by atoms with E-state index in [0.717, 1.165) is 30.0 Å². The van der Waals surface area contributed by atoms with Crippen molar-refractivity contribution in [3.05, 3.63) is 59.7 Å². The third-order valence-electron chi connectivity index (χ3n) is 4.15. The Balaban J connectivity index is 1.86. The summed E-state index contributed by atoms with van der Waals surface area (Å²) >= 11 is 0. The van der Waals surface area contributed by atoms with E-state index in [2.05, 4.69) is 20.9 Å². The molecule has 0 bridgehead atoms. The van der Waals surface area contributed by atoms with Crippen LogP contribution in [0.1, 0.15) is 29.3 Å². The molecule has 7 nitrogen and oxygen atoms in total. The number of nitrogens with one attached hydrogen (secondary N) is 3. The van der Waals surface area contributed by atoms with Crippen LogP contribution in [0.5, 0.6) is 5.75 Å². The number of carbonyl (C=O) groups excluding carboxylic acids is 1. The highest BCUT2D eigenvalue weighted by Gasteiger charge is 2.05. The summed E-state index contributed by atoms with van der Waals surface area (Å²) in [5.74, 6) is 1.35. The molecule has 0 aliphatic heterocycles. The third kappa shape index (κ3) is 8.53. The van der Waals surface area contributed by atoms with Crippen molar-refractivity contribution in [2.45, 2.75) is 20.3 Å². The fourth-order valence-electron chi connectivity index (χ4n) is 2.73. The summed E-state index contributed by atoms with van der Waals surface area (Å²) in [5.41, 5.74) is 2.60. The van der Waals surface area contributed by atoms with Crippen molar-refractivity contribution in [3.63, 3.8) is 0 Å². The first-order valence-corrected chi connectivity index (χ1v) is 10.2. The number of hydrogen-bond acceptors (Lipinski definition) is 4. The lowest BCUT2D eigenvalue weighted by molar-refractivity contribution is 0.0954. The zero-order valence-corrected chi connectivity index (χ0v) is 18.0. The Morgan fingerprint density at radius 3 is 2.67 bits per heavy atom. The van der Waals surface area contributed by atoms with Gasteiger partial charge in [-0.2, -0.15) is 0 Å². The van der Waals surface area contributed by atoms with E-state index in [-0.39, 0.29) is 5.91 Å². The van der Waals surface area contributed by atoms with Gasteiger partial charge >= 0.3 is 0 Å². The summed E-state index contributed by atoms with van der Waals surface area (Å²) in [7, 11) is 1.68. The van der Waals surface area contributed by atoms with Gasteiger partial charge in [-0.05, 0) is 38.1 Å². The summed E-state index contributed by atoms with van der Waals surface area (Å²) in [6.45, 7) is 6.89. The van der Waals surface area contributed by atoms with E-state index < -0.39 is 0 Å². The Labute approximate surface area is 178 Å². The van der Waals surface area contributed by atoms with E-state index in [0.29, 0.717) is 37.8 Å². The van der Waals surface area contributed by atoms with Crippen molar-refractivity contribution in [1.29, 1.82) is 0 Å². The maximum Gasteiger partial charge on any atom is 0.251 e. The summed E-state index contributed by atoms with van der Waals surface area (Å²) in [5, 5.41) is 9.38. The number of carbonyl (C=O) groups is 1. The molecule has 0 aliphatic rings. The van der Waals surface area contributed by atoms with Crippen LogP contribution in [0.25, 0.3) is 0 Å². The number of methoxy groups -OCH3 is 1. The van der Waals surface area contributed by atoms with E-state index in [1.807, 2.05) is 62.4 Å². The van der Waals surface area contributed by atoms with Crippen molar-refractivity contribution in [2.75, 3.05) is 45.3 Å². The first-order valence-electron chi connectivity index (χ1n) is 10.2. The molecule has 1 amide bonds. The fraction of sp³-hybridized carbons (Fsp3) is 0.391. The maximum absolute atomic E-state index is 12.2. The largest absolute Gasteiger partial charge is 0.493 e. The minimum Gasteiger partial charge on any atom is -0.493 e. The predicted molar refractivity (Wildman–Crippen MR) is 122 cm³/mol. The molecular weight excluding hydrogens is 380 g/mol. The van der Waals surface area contributed by atoms with E-state index in [1.54, 1.807) is 7.11 Å². The normalized spacial score (nSPS) is 11.1. The molecule has 0 heterocycles. The Morgan fingerprint density at radius 1 is 1.07 bits per heavy atom. The number of guanidine groups is 1. The Bertz CT molecular complexity index is 824. The average Bonchev–Trinajstić information content (AvgIpc) is 2.74. The van der Waals surface area contributed by atoms with Crippen molar-refractivity contribution in [2.24, 2.45) is 4.99 Å². The van der Waals surface area contributed by atoms with Crippen LogP contribution in [0.3, 0.4) is 0 Å². The lowest BCUT2D eigenvalue weighted by Gasteiger charge is -2.13. The summed E-state index contributed by atoms with van der Waals surface area (Å²) in [6.07, 6.45) is 0.840. The van der Waals surface area contributed by atoms with Gasteiger partial charge in [0.2, 0.25) is 0 Å². The topological polar surface area (TPSA) is 84.0 Å². The van der Waals surface area contributed by atoms with Crippen LogP contribution in [-0.4, -0.2) is 51.8 Å². The van der Waals surface area contributed by atoms with E-state index in [1.165, 1.54) is 0 Å². The minimum atomic E-state index is -0.0924. The second-order valence-electron chi connectivity index (χ2n) is 6.73. The molecule has 2 aromatic rings. The third-order valence-corrected chi connectivity index (χ3v) is 4.15. The highest BCUT2D eigenvalue weighted by Crippen LogP contribution is 2.17. The monoisotopic (exact) mass is 412 g/mol. The first kappa shape index (κ1) is 23.2. The molecule has 0 aliphatic carbocycles. The Morgan fingerprint density at radius 2 is 1.90 bits per heavy atom. The number of nitrogens with zero attached hydrogens (tertiary/aromatic N) is 1. The molecule has 0 unspecified atom stereocenters. The molecule has 7 heteroatoms. The van der Waals surface area contributed by atoms with Gasteiger partial charge in [0, 0.05) is 50.5 Å². The molecule has 0 saturated heterocycles. The van der Waals surface area contributed by atoms with Gasteiger partial charge < -0.3 is 25.4 Å². The second-order valence-corrected chi connectivity index (χ2v) is 6.73. The number of amides is 1. The lowest BCUT2D eigenvalue weighted by atomic mass is 10.1. The number of hydrogen-bond donors (Lipinski definition) is 3. The van der Waals surface area contributed by atoms with Crippen molar-refractivity contribution >= 4 is 17.6 Å². The summed E-state index contributed by atoms with van der Waals surface area (Å²) in [4.78, 5) is 16.7. The smallest absolute Gasteiger partial charge is 0.251 e. The van der Waals surface area contributed by atoms with E-state index in [4.69, 9.17) is 9.47 Å². The van der Waals surface area contributed by atoms with Crippen LogP contribution in [-0.2, 0) is 4.74 Å². The average molecular weight is 413 g/mol. The summed E-state index contributed by atoms with van der Waals surface area (Å²) in [6, 6.07) is 15.3. The highest BCUT2D eigenvalue weighted by molar-refractivity contribution is 5.95. The Kier molecular flexibility index (Phi) is 10.2. The number of anilines is 1. The standard InChI is InChI=1S/C23H32N4O3/c1-4-24-23(26-13-12-25-22(28)19-9-5-8-18(2)16-19)27-20-10-6-11-21(17-20)30-15-7-14-29-3/h5-6,8-11,16-17H,4,7,12-15H2,1-3H3,(H,25,28)(H2,24,26,27). The molecule has 0 atom stereocenters. The predicted octanol–water partition coefficient (Wildman–Crippen LogP) is 3.22. The number of benzene rings is 2. The van der Waals surface area contributed by atoms with E-state index >= 15 is 0 Å². The SMILES string of the molecule is CCNC(=NCCNC(=O)c1cccc(C)c1)Nc1cccc(OCCCOC)c1.